The SMILES string of the molecule is Cc1cc(C(=O)NC2CCN(C3CC3)CC2)c(C)n1-c1ccc(C(C)C)cc1. The van der Waals surface area contributed by atoms with Crippen molar-refractivity contribution in [1.29, 1.82) is 0 Å². The van der Waals surface area contributed by atoms with E-state index in [0.29, 0.717) is 12.0 Å². The number of piperidine rings is 1. The molecule has 1 N–H and O–H groups in total. The Hall–Kier alpha value is -2.07. The predicted molar refractivity (Wildman–Crippen MR) is 114 cm³/mol. The summed E-state index contributed by atoms with van der Waals surface area (Å²) in [5.41, 5.74) is 5.37. The van der Waals surface area contributed by atoms with Crippen LogP contribution in [0.15, 0.2) is 30.3 Å². The van der Waals surface area contributed by atoms with Crippen LogP contribution in [0.4, 0.5) is 0 Å². The molecule has 2 aromatic rings. The standard InChI is InChI=1S/C24H33N3O/c1-16(2)19-5-7-22(8-6-19)27-17(3)15-23(18(27)4)24(28)25-20-11-13-26(14-12-20)21-9-10-21/h5-8,15-16,20-21H,9-14H2,1-4H3,(H,25,28). The van der Waals surface area contributed by atoms with Gasteiger partial charge >= 0.3 is 0 Å². The second-order valence-corrected chi connectivity index (χ2v) is 8.88. The maximum Gasteiger partial charge on any atom is 0.253 e. The van der Waals surface area contributed by atoms with E-state index in [1.54, 1.807) is 0 Å². The van der Waals surface area contributed by atoms with Crippen LogP contribution in [0.1, 0.15) is 72.8 Å². The third-order valence-electron chi connectivity index (χ3n) is 6.42. The van der Waals surface area contributed by atoms with Crippen LogP contribution in [0.3, 0.4) is 0 Å². The number of hydrogen-bond donors (Lipinski definition) is 1. The van der Waals surface area contributed by atoms with Crippen LogP contribution in [-0.4, -0.2) is 40.5 Å². The molecule has 2 heterocycles. The number of benzene rings is 1. The van der Waals surface area contributed by atoms with Crippen LogP contribution in [-0.2, 0) is 0 Å². The monoisotopic (exact) mass is 379 g/mol. The van der Waals surface area contributed by atoms with Crippen molar-refractivity contribution in [3.63, 3.8) is 0 Å². The van der Waals surface area contributed by atoms with Crippen LogP contribution < -0.4 is 5.32 Å². The van der Waals surface area contributed by atoms with E-state index >= 15 is 0 Å². The van der Waals surface area contributed by atoms with Crippen molar-refractivity contribution in [3.05, 3.63) is 52.8 Å². The Morgan fingerprint density at radius 1 is 1.04 bits per heavy atom. The molecule has 4 nitrogen and oxygen atoms in total. The van der Waals surface area contributed by atoms with Crippen LogP contribution >= 0.6 is 0 Å². The van der Waals surface area contributed by atoms with Crippen molar-refractivity contribution in [3.8, 4) is 5.69 Å². The molecular weight excluding hydrogens is 346 g/mol. The van der Waals surface area contributed by atoms with Gasteiger partial charge in [0.1, 0.15) is 0 Å². The fourth-order valence-electron chi connectivity index (χ4n) is 4.51. The number of carbonyl (C=O) groups excluding carboxylic acids is 1. The zero-order valence-corrected chi connectivity index (χ0v) is 17.7. The minimum Gasteiger partial charge on any atom is -0.349 e. The first kappa shape index (κ1) is 19.3. The van der Waals surface area contributed by atoms with E-state index in [0.717, 1.165) is 54.6 Å². The fraction of sp³-hybridized carbons (Fsp3) is 0.542. The molecule has 0 radical (unpaired) electrons. The molecule has 1 aliphatic heterocycles. The maximum atomic E-state index is 13.0. The minimum absolute atomic E-state index is 0.0722. The molecule has 4 rings (SSSR count). The molecule has 0 bridgehead atoms. The maximum absolute atomic E-state index is 13.0. The average Bonchev–Trinajstić information content (AvgIpc) is 3.48. The summed E-state index contributed by atoms with van der Waals surface area (Å²) >= 11 is 0. The highest BCUT2D eigenvalue weighted by Crippen LogP contribution is 2.29. The van der Waals surface area contributed by atoms with E-state index in [1.807, 2.05) is 13.0 Å². The van der Waals surface area contributed by atoms with E-state index in [1.165, 1.54) is 18.4 Å². The van der Waals surface area contributed by atoms with Crippen LogP contribution in [0, 0.1) is 13.8 Å². The Bertz CT molecular complexity index is 837. The zero-order chi connectivity index (χ0) is 19.8. The largest absolute Gasteiger partial charge is 0.349 e. The third kappa shape index (κ3) is 3.88. The molecule has 0 atom stereocenters. The van der Waals surface area contributed by atoms with E-state index in [2.05, 4.69) is 59.8 Å². The number of amides is 1. The van der Waals surface area contributed by atoms with Crippen LogP contribution in [0.2, 0.25) is 0 Å². The summed E-state index contributed by atoms with van der Waals surface area (Å²) < 4.78 is 2.19. The predicted octanol–water partition coefficient (Wildman–Crippen LogP) is 4.57. The number of hydrogen-bond acceptors (Lipinski definition) is 2. The van der Waals surface area contributed by atoms with Crippen molar-refractivity contribution in [2.75, 3.05) is 13.1 Å². The van der Waals surface area contributed by atoms with Gasteiger partial charge in [-0.05, 0) is 69.2 Å². The number of aromatic nitrogens is 1. The van der Waals surface area contributed by atoms with E-state index in [-0.39, 0.29) is 5.91 Å². The number of rotatable bonds is 5. The molecule has 150 valence electrons. The normalized spacial score (nSPS) is 18.6. The van der Waals surface area contributed by atoms with Gasteiger partial charge in [-0.15, -0.1) is 0 Å². The number of nitrogens with zero attached hydrogens (tertiary/aromatic N) is 2. The van der Waals surface area contributed by atoms with Gasteiger partial charge in [0.15, 0.2) is 0 Å². The molecule has 1 saturated carbocycles. The summed E-state index contributed by atoms with van der Waals surface area (Å²) in [6.07, 6.45) is 4.86. The summed E-state index contributed by atoms with van der Waals surface area (Å²) in [5.74, 6) is 0.594. The summed E-state index contributed by atoms with van der Waals surface area (Å²) in [5, 5.41) is 3.29. The lowest BCUT2D eigenvalue weighted by Crippen LogP contribution is -2.45. The lowest BCUT2D eigenvalue weighted by molar-refractivity contribution is 0.0908. The molecule has 1 aromatic heterocycles. The second kappa shape index (κ2) is 7.75. The number of likely N-dealkylation sites (tertiary alicyclic amines) is 1. The lowest BCUT2D eigenvalue weighted by Gasteiger charge is -2.32. The Labute approximate surface area is 168 Å². The number of nitrogens with one attached hydrogen (secondary N) is 1. The molecule has 1 aromatic carbocycles. The highest BCUT2D eigenvalue weighted by atomic mass is 16.1. The smallest absolute Gasteiger partial charge is 0.253 e. The Kier molecular flexibility index (Phi) is 5.33. The highest BCUT2D eigenvalue weighted by molar-refractivity contribution is 5.96. The van der Waals surface area contributed by atoms with Gasteiger partial charge in [-0.3, -0.25) is 4.79 Å². The molecule has 4 heteroatoms. The Morgan fingerprint density at radius 3 is 2.25 bits per heavy atom. The molecule has 1 amide bonds. The average molecular weight is 380 g/mol. The molecule has 1 aliphatic carbocycles. The van der Waals surface area contributed by atoms with Crippen LogP contribution in [0.25, 0.3) is 5.69 Å². The summed E-state index contributed by atoms with van der Waals surface area (Å²) in [6, 6.07) is 11.8. The fourth-order valence-corrected chi connectivity index (χ4v) is 4.51. The van der Waals surface area contributed by atoms with Gasteiger partial charge in [0.25, 0.3) is 5.91 Å². The molecular formula is C24H33N3O. The van der Waals surface area contributed by atoms with E-state index in [4.69, 9.17) is 0 Å². The van der Waals surface area contributed by atoms with Crippen molar-refractivity contribution < 1.29 is 4.79 Å². The first-order chi connectivity index (χ1) is 13.4. The van der Waals surface area contributed by atoms with Gasteiger partial charge in [-0.1, -0.05) is 26.0 Å². The quantitative estimate of drug-likeness (QED) is 0.826. The van der Waals surface area contributed by atoms with E-state index in [9.17, 15) is 4.79 Å². The van der Waals surface area contributed by atoms with Gasteiger partial charge < -0.3 is 14.8 Å². The van der Waals surface area contributed by atoms with Gasteiger partial charge in [-0.25, -0.2) is 0 Å². The molecule has 0 spiro atoms. The molecule has 2 aliphatic rings. The summed E-state index contributed by atoms with van der Waals surface area (Å²) in [7, 11) is 0. The highest BCUT2D eigenvalue weighted by Gasteiger charge is 2.32. The zero-order valence-electron chi connectivity index (χ0n) is 17.7. The van der Waals surface area contributed by atoms with Gasteiger partial charge in [0.05, 0.1) is 5.56 Å². The molecule has 0 unspecified atom stereocenters. The van der Waals surface area contributed by atoms with Crippen molar-refractivity contribution >= 4 is 5.91 Å². The van der Waals surface area contributed by atoms with Crippen molar-refractivity contribution in [2.24, 2.45) is 0 Å². The summed E-state index contributed by atoms with van der Waals surface area (Å²) in [6.45, 7) is 10.8. The van der Waals surface area contributed by atoms with Crippen LogP contribution in [0.5, 0.6) is 0 Å². The topological polar surface area (TPSA) is 37.3 Å². The van der Waals surface area contributed by atoms with Crippen molar-refractivity contribution in [2.45, 2.75) is 71.4 Å². The van der Waals surface area contributed by atoms with Crippen molar-refractivity contribution in [1.82, 2.24) is 14.8 Å². The van der Waals surface area contributed by atoms with Gasteiger partial charge in [0, 0.05) is 42.2 Å². The van der Waals surface area contributed by atoms with Gasteiger partial charge in [-0.2, -0.15) is 0 Å². The first-order valence-corrected chi connectivity index (χ1v) is 10.8. The van der Waals surface area contributed by atoms with E-state index < -0.39 is 0 Å². The first-order valence-electron chi connectivity index (χ1n) is 10.8. The Balaban J connectivity index is 1.46. The molecule has 28 heavy (non-hydrogen) atoms. The van der Waals surface area contributed by atoms with Gasteiger partial charge in [0.2, 0.25) is 0 Å². The third-order valence-corrected chi connectivity index (χ3v) is 6.42. The minimum atomic E-state index is 0.0722. The second-order valence-electron chi connectivity index (χ2n) is 8.88. The summed E-state index contributed by atoms with van der Waals surface area (Å²) in [4.78, 5) is 15.6. The molecule has 2 fully saturated rings. The molecule has 1 saturated heterocycles. The number of aryl methyl sites for hydroxylation is 1. The lowest BCUT2D eigenvalue weighted by atomic mass is 10.0. The Morgan fingerprint density at radius 2 is 1.68 bits per heavy atom. The number of carbonyl (C=O) groups is 1.